The second kappa shape index (κ2) is 7.74. The van der Waals surface area contributed by atoms with Gasteiger partial charge in [0.1, 0.15) is 0 Å². The first kappa shape index (κ1) is 16.2. The van der Waals surface area contributed by atoms with E-state index in [1.165, 1.54) is 32.2 Å². The zero-order chi connectivity index (χ0) is 14.4. The molecule has 1 atom stereocenters. The van der Waals surface area contributed by atoms with Crippen LogP contribution >= 0.6 is 0 Å². The lowest BCUT2D eigenvalue weighted by Gasteiger charge is -2.50. The van der Waals surface area contributed by atoms with Gasteiger partial charge in [-0.25, -0.2) is 0 Å². The van der Waals surface area contributed by atoms with E-state index in [1.807, 2.05) is 0 Å². The summed E-state index contributed by atoms with van der Waals surface area (Å²) in [5.74, 6) is 0.929. The molecule has 1 heterocycles. The molecule has 0 aromatic rings. The van der Waals surface area contributed by atoms with Crippen LogP contribution in [0.25, 0.3) is 0 Å². The van der Waals surface area contributed by atoms with E-state index in [0.717, 1.165) is 25.6 Å². The third kappa shape index (κ3) is 3.94. The molecule has 1 saturated carbocycles. The van der Waals surface area contributed by atoms with Crippen LogP contribution in [0.3, 0.4) is 0 Å². The zero-order valence-electron chi connectivity index (χ0n) is 13.5. The summed E-state index contributed by atoms with van der Waals surface area (Å²) in [6.07, 6.45) is 5.26. The van der Waals surface area contributed by atoms with Crippen LogP contribution in [0.2, 0.25) is 0 Å². The van der Waals surface area contributed by atoms with Crippen molar-refractivity contribution in [3.63, 3.8) is 0 Å². The molecule has 4 heteroatoms. The van der Waals surface area contributed by atoms with Crippen molar-refractivity contribution in [1.29, 1.82) is 0 Å². The van der Waals surface area contributed by atoms with E-state index >= 15 is 0 Å². The molecule has 0 aromatic heterocycles. The lowest BCUT2D eigenvalue weighted by molar-refractivity contribution is -0.00577. The second-order valence-corrected chi connectivity index (χ2v) is 6.31. The summed E-state index contributed by atoms with van der Waals surface area (Å²) < 4.78 is 10.7. The Morgan fingerprint density at radius 1 is 1.15 bits per heavy atom. The van der Waals surface area contributed by atoms with Crippen LogP contribution in [0.1, 0.15) is 39.5 Å². The smallest absolute Gasteiger partial charge is 0.0700 e. The minimum atomic E-state index is 0.329. The number of nitrogens with zero attached hydrogens (tertiary/aromatic N) is 1. The predicted molar refractivity (Wildman–Crippen MR) is 82.1 cm³/mol. The Balaban J connectivity index is 1.84. The van der Waals surface area contributed by atoms with Crippen molar-refractivity contribution in [2.24, 2.45) is 5.92 Å². The first-order valence-electron chi connectivity index (χ1n) is 8.31. The molecule has 1 N–H and O–H groups in total. The van der Waals surface area contributed by atoms with Crippen LogP contribution in [0, 0.1) is 5.92 Å². The molecule has 1 unspecified atom stereocenters. The van der Waals surface area contributed by atoms with Gasteiger partial charge >= 0.3 is 0 Å². The summed E-state index contributed by atoms with van der Waals surface area (Å²) in [5.41, 5.74) is 0.329. The van der Waals surface area contributed by atoms with Gasteiger partial charge in [-0.15, -0.1) is 0 Å². The van der Waals surface area contributed by atoms with Crippen molar-refractivity contribution in [2.75, 3.05) is 46.6 Å². The summed E-state index contributed by atoms with van der Waals surface area (Å²) in [4.78, 5) is 2.69. The van der Waals surface area contributed by atoms with Gasteiger partial charge in [-0.1, -0.05) is 13.8 Å². The SMILES string of the molecule is CCC1(CC)CNC(C2CC2)CN1CCOCCOC. The molecule has 2 fully saturated rings. The number of piperazine rings is 1. The van der Waals surface area contributed by atoms with Gasteiger partial charge in [0.2, 0.25) is 0 Å². The van der Waals surface area contributed by atoms with E-state index < -0.39 is 0 Å². The van der Waals surface area contributed by atoms with Crippen LogP contribution < -0.4 is 5.32 Å². The number of nitrogens with one attached hydrogen (secondary N) is 1. The highest BCUT2D eigenvalue weighted by molar-refractivity contribution is 5.01. The van der Waals surface area contributed by atoms with Gasteiger partial charge in [0.15, 0.2) is 0 Å². The van der Waals surface area contributed by atoms with E-state index in [0.29, 0.717) is 24.8 Å². The topological polar surface area (TPSA) is 33.7 Å². The number of ether oxygens (including phenoxy) is 2. The fourth-order valence-electron chi connectivity index (χ4n) is 3.44. The molecule has 1 aliphatic heterocycles. The molecular weight excluding hydrogens is 252 g/mol. The van der Waals surface area contributed by atoms with Gasteiger partial charge in [-0.05, 0) is 31.6 Å². The molecule has 2 rings (SSSR count). The molecule has 0 spiro atoms. The Hall–Kier alpha value is -0.160. The van der Waals surface area contributed by atoms with E-state index in [-0.39, 0.29) is 0 Å². The third-order valence-electron chi connectivity index (χ3n) is 5.23. The van der Waals surface area contributed by atoms with E-state index in [9.17, 15) is 0 Å². The molecule has 0 aromatic carbocycles. The Morgan fingerprint density at radius 2 is 1.90 bits per heavy atom. The molecule has 2 aliphatic rings. The Bertz CT molecular complexity index is 278. The zero-order valence-corrected chi connectivity index (χ0v) is 13.5. The maximum Gasteiger partial charge on any atom is 0.0700 e. The van der Waals surface area contributed by atoms with E-state index in [2.05, 4.69) is 24.1 Å². The van der Waals surface area contributed by atoms with E-state index in [4.69, 9.17) is 9.47 Å². The molecule has 20 heavy (non-hydrogen) atoms. The summed E-state index contributed by atoms with van der Waals surface area (Å²) in [7, 11) is 1.72. The number of hydrogen-bond acceptors (Lipinski definition) is 4. The quantitative estimate of drug-likeness (QED) is 0.656. The summed E-state index contributed by atoms with van der Waals surface area (Å²) in [5, 5.41) is 3.81. The van der Waals surface area contributed by atoms with Gasteiger partial charge < -0.3 is 14.8 Å². The molecule has 4 nitrogen and oxygen atoms in total. The van der Waals surface area contributed by atoms with E-state index in [1.54, 1.807) is 7.11 Å². The normalized spacial score (nSPS) is 26.9. The van der Waals surface area contributed by atoms with Crippen molar-refractivity contribution in [3.8, 4) is 0 Å². The van der Waals surface area contributed by atoms with Crippen LogP contribution in [0.5, 0.6) is 0 Å². The predicted octanol–water partition coefficient (Wildman–Crippen LogP) is 1.89. The lowest BCUT2D eigenvalue weighted by Crippen LogP contribution is -2.65. The molecule has 0 bridgehead atoms. The summed E-state index contributed by atoms with van der Waals surface area (Å²) in [6, 6.07) is 0.709. The van der Waals surface area contributed by atoms with Crippen molar-refractivity contribution in [3.05, 3.63) is 0 Å². The number of hydrogen-bond donors (Lipinski definition) is 1. The van der Waals surface area contributed by atoms with Crippen LogP contribution in [0.15, 0.2) is 0 Å². The standard InChI is InChI=1S/C16H32N2O2/c1-4-16(5-2)13-17-15(14-6-7-14)12-18(16)8-9-20-11-10-19-3/h14-15,17H,4-13H2,1-3H3. The average Bonchev–Trinajstić information content (AvgIpc) is 3.32. The minimum Gasteiger partial charge on any atom is -0.382 e. The van der Waals surface area contributed by atoms with Crippen molar-refractivity contribution in [2.45, 2.75) is 51.1 Å². The first-order chi connectivity index (χ1) is 9.75. The Kier molecular flexibility index (Phi) is 6.27. The second-order valence-electron chi connectivity index (χ2n) is 6.31. The highest BCUT2D eigenvalue weighted by Crippen LogP contribution is 2.37. The molecule has 1 saturated heterocycles. The largest absolute Gasteiger partial charge is 0.382 e. The monoisotopic (exact) mass is 284 g/mol. The van der Waals surface area contributed by atoms with Crippen LogP contribution in [-0.4, -0.2) is 63.0 Å². The van der Waals surface area contributed by atoms with Crippen LogP contribution in [0.4, 0.5) is 0 Å². The molecule has 118 valence electrons. The fourth-order valence-corrected chi connectivity index (χ4v) is 3.44. The van der Waals surface area contributed by atoms with Gasteiger partial charge in [-0.2, -0.15) is 0 Å². The highest BCUT2D eigenvalue weighted by atomic mass is 16.5. The minimum absolute atomic E-state index is 0.329. The molecule has 0 amide bonds. The number of methoxy groups -OCH3 is 1. The Morgan fingerprint density at radius 3 is 2.50 bits per heavy atom. The van der Waals surface area contributed by atoms with Crippen molar-refractivity contribution >= 4 is 0 Å². The van der Waals surface area contributed by atoms with Gasteiger partial charge in [0, 0.05) is 38.3 Å². The van der Waals surface area contributed by atoms with Crippen molar-refractivity contribution < 1.29 is 9.47 Å². The lowest BCUT2D eigenvalue weighted by atomic mass is 9.86. The first-order valence-corrected chi connectivity index (χ1v) is 8.31. The number of rotatable bonds is 9. The molecular formula is C16H32N2O2. The van der Waals surface area contributed by atoms with Gasteiger partial charge in [0.05, 0.1) is 19.8 Å². The molecule has 1 aliphatic carbocycles. The molecule has 0 radical (unpaired) electrons. The highest BCUT2D eigenvalue weighted by Gasteiger charge is 2.42. The van der Waals surface area contributed by atoms with Gasteiger partial charge in [-0.3, -0.25) is 4.90 Å². The Labute approximate surface area is 124 Å². The maximum atomic E-state index is 5.68. The van der Waals surface area contributed by atoms with Gasteiger partial charge in [0.25, 0.3) is 0 Å². The fraction of sp³-hybridized carbons (Fsp3) is 1.00. The summed E-state index contributed by atoms with van der Waals surface area (Å²) in [6.45, 7) is 10.2. The maximum absolute atomic E-state index is 5.68. The average molecular weight is 284 g/mol. The van der Waals surface area contributed by atoms with Crippen molar-refractivity contribution in [1.82, 2.24) is 10.2 Å². The summed E-state index contributed by atoms with van der Waals surface area (Å²) >= 11 is 0. The van der Waals surface area contributed by atoms with Crippen LogP contribution in [-0.2, 0) is 9.47 Å². The third-order valence-corrected chi connectivity index (χ3v) is 5.23.